The molecule has 6 nitrogen and oxygen atoms in total. The number of thiazole rings is 1. The van der Waals surface area contributed by atoms with Crippen molar-refractivity contribution in [3.8, 4) is 0 Å². The molecule has 3 aromatic heterocycles. The fraction of sp³-hybridized carbons (Fsp3) is 0.364. The average molecular weight is 439 g/mol. The molecule has 0 saturated carbocycles. The summed E-state index contributed by atoms with van der Waals surface area (Å²) in [4.78, 5) is 28.1. The number of anilines is 1. The molecule has 2 N–H and O–H groups in total. The van der Waals surface area contributed by atoms with E-state index in [9.17, 15) is 4.79 Å². The monoisotopic (exact) mass is 438 g/mol. The largest absolute Gasteiger partial charge is 0.457 e. The SMILES string of the molecule is Nc1nc(COC(=O)CCc2nc3ccccc3s2)nc2sc3c(c12)CCCCC3. The molecular formula is C22H22N4O2S2. The summed E-state index contributed by atoms with van der Waals surface area (Å²) in [5, 5.41) is 1.94. The fourth-order valence-electron chi connectivity index (χ4n) is 3.93. The van der Waals surface area contributed by atoms with Crippen LogP contribution in [0.4, 0.5) is 5.82 Å². The Morgan fingerprint density at radius 3 is 2.83 bits per heavy atom. The van der Waals surface area contributed by atoms with Crippen LogP contribution < -0.4 is 5.73 Å². The number of thiophene rings is 1. The number of carbonyl (C=O) groups excluding carboxylic acids is 1. The number of para-hydroxylation sites is 1. The molecule has 0 aliphatic heterocycles. The van der Waals surface area contributed by atoms with Gasteiger partial charge in [-0.3, -0.25) is 4.79 Å². The van der Waals surface area contributed by atoms with Gasteiger partial charge in [-0.1, -0.05) is 18.6 Å². The Kier molecular flexibility index (Phi) is 5.35. The smallest absolute Gasteiger partial charge is 0.306 e. The van der Waals surface area contributed by atoms with Crippen molar-refractivity contribution in [3.05, 3.63) is 45.5 Å². The molecule has 4 aromatic rings. The van der Waals surface area contributed by atoms with E-state index in [2.05, 4.69) is 15.0 Å². The highest BCUT2D eigenvalue weighted by molar-refractivity contribution is 7.19. The van der Waals surface area contributed by atoms with E-state index in [0.717, 1.165) is 38.3 Å². The minimum absolute atomic E-state index is 0.0430. The van der Waals surface area contributed by atoms with E-state index in [0.29, 0.717) is 18.1 Å². The van der Waals surface area contributed by atoms with Crippen LogP contribution >= 0.6 is 22.7 Å². The van der Waals surface area contributed by atoms with Gasteiger partial charge in [0.2, 0.25) is 0 Å². The van der Waals surface area contributed by atoms with Crippen molar-refractivity contribution in [1.82, 2.24) is 15.0 Å². The summed E-state index contributed by atoms with van der Waals surface area (Å²) in [6, 6.07) is 7.98. The molecular weight excluding hydrogens is 416 g/mol. The summed E-state index contributed by atoms with van der Waals surface area (Å²) in [6.45, 7) is 0.0430. The maximum atomic E-state index is 12.2. The van der Waals surface area contributed by atoms with Crippen LogP contribution in [0.25, 0.3) is 20.4 Å². The molecule has 0 atom stereocenters. The Hall–Kier alpha value is -2.58. The zero-order chi connectivity index (χ0) is 20.5. The predicted octanol–water partition coefficient (Wildman–Crippen LogP) is 4.83. The quantitative estimate of drug-likeness (QED) is 0.355. The first kappa shape index (κ1) is 19.4. The normalized spacial score (nSPS) is 14.0. The van der Waals surface area contributed by atoms with Gasteiger partial charge in [0.1, 0.15) is 10.6 Å². The Bertz CT molecular complexity index is 1200. The second-order valence-corrected chi connectivity index (χ2v) is 9.70. The van der Waals surface area contributed by atoms with Crippen LogP contribution in [0.2, 0.25) is 0 Å². The molecule has 0 amide bonds. The van der Waals surface area contributed by atoms with Crippen LogP contribution in [0.15, 0.2) is 24.3 Å². The number of hydrogen-bond donors (Lipinski definition) is 1. The van der Waals surface area contributed by atoms with Crippen molar-refractivity contribution in [2.75, 3.05) is 5.73 Å². The minimum atomic E-state index is -0.279. The van der Waals surface area contributed by atoms with E-state index in [1.165, 1.54) is 29.7 Å². The maximum Gasteiger partial charge on any atom is 0.306 e. The molecule has 30 heavy (non-hydrogen) atoms. The number of carbonyl (C=O) groups is 1. The average Bonchev–Trinajstić information content (AvgIpc) is 3.24. The number of hydrogen-bond acceptors (Lipinski definition) is 8. The molecule has 0 unspecified atom stereocenters. The molecule has 0 spiro atoms. The number of ether oxygens (including phenoxy) is 1. The van der Waals surface area contributed by atoms with Crippen LogP contribution in [0.5, 0.6) is 0 Å². The van der Waals surface area contributed by atoms with E-state index in [1.807, 2.05) is 24.3 Å². The van der Waals surface area contributed by atoms with E-state index in [4.69, 9.17) is 10.5 Å². The predicted molar refractivity (Wildman–Crippen MR) is 121 cm³/mol. The number of rotatable bonds is 5. The maximum absolute atomic E-state index is 12.2. The Labute approximate surface area is 182 Å². The van der Waals surface area contributed by atoms with Crippen LogP contribution in [0, 0.1) is 0 Å². The standard InChI is InChI=1S/C22H22N4O2S2/c23-21-20-13-6-2-1-3-8-15(13)30-22(20)26-17(25-21)12-28-19(27)11-10-18-24-14-7-4-5-9-16(14)29-18/h4-5,7,9H,1-3,6,8,10-12H2,(H2,23,25,26). The highest BCUT2D eigenvalue weighted by Crippen LogP contribution is 2.37. The molecule has 0 radical (unpaired) electrons. The molecule has 0 fully saturated rings. The number of nitrogens with zero attached hydrogens (tertiary/aromatic N) is 3. The number of nitrogens with two attached hydrogens (primary N) is 1. The van der Waals surface area contributed by atoms with Gasteiger partial charge in [-0.25, -0.2) is 15.0 Å². The zero-order valence-electron chi connectivity index (χ0n) is 16.5. The first-order valence-corrected chi connectivity index (χ1v) is 11.9. The summed E-state index contributed by atoms with van der Waals surface area (Å²) in [5.41, 5.74) is 8.56. The zero-order valence-corrected chi connectivity index (χ0v) is 18.2. The lowest BCUT2D eigenvalue weighted by molar-refractivity contribution is -0.145. The molecule has 154 valence electrons. The molecule has 0 bridgehead atoms. The van der Waals surface area contributed by atoms with E-state index < -0.39 is 0 Å². The number of fused-ring (bicyclic) bond motifs is 4. The van der Waals surface area contributed by atoms with Crippen molar-refractivity contribution in [1.29, 1.82) is 0 Å². The molecule has 0 saturated heterocycles. The van der Waals surface area contributed by atoms with Gasteiger partial charge >= 0.3 is 5.97 Å². The van der Waals surface area contributed by atoms with Crippen LogP contribution in [-0.2, 0) is 35.4 Å². The molecule has 1 aromatic carbocycles. The topological polar surface area (TPSA) is 91.0 Å². The number of aryl methyl sites for hydroxylation is 3. The minimum Gasteiger partial charge on any atom is -0.457 e. The van der Waals surface area contributed by atoms with Crippen molar-refractivity contribution in [3.63, 3.8) is 0 Å². The van der Waals surface area contributed by atoms with Crippen molar-refractivity contribution >= 4 is 54.9 Å². The number of benzene rings is 1. The van der Waals surface area contributed by atoms with Gasteiger partial charge in [-0.05, 0) is 43.4 Å². The van der Waals surface area contributed by atoms with Gasteiger partial charge in [-0.2, -0.15) is 0 Å². The summed E-state index contributed by atoms with van der Waals surface area (Å²) in [7, 11) is 0. The lowest BCUT2D eigenvalue weighted by Crippen LogP contribution is -2.09. The first-order chi connectivity index (χ1) is 14.7. The highest BCUT2D eigenvalue weighted by atomic mass is 32.1. The molecule has 5 rings (SSSR count). The molecule has 3 heterocycles. The van der Waals surface area contributed by atoms with Gasteiger partial charge < -0.3 is 10.5 Å². The Morgan fingerprint density at radius 2 is 1.93 bits per heavy atom. The fourth-order valence-corrected chi connectivity index (χ4v) is 6.18. The molecule has 1 aliphatic rings. The summed E-state index contributed by atoms with van der Waals surface area (Å²) < 4.78 is 6.54. The van der Waals surface area contributed by atoms with E-state index in [-0.39, 0.29) is 19.0 Å². The molecule has 1 aliphatic carbocycles. The Balaban J connectivity index is 1.23. The van der Waals surface area contributed by atoms with Gasteiger partial charge in [0.15, 0.2) is 12.4 Å². The summed E-state index contributed by atoms with van der Waals surface area (Å²) in [6.07, 6.45) is 6.64. The van der Waals surface area contributed by atoms with Gasteiger partial charge in [0.05, 0.1) is 27.0 Å². The first-order valence-electron chi connectivity index (χ1n) is 10.2. The molecule has 8 heteroatoms. The third-order valence-corrected chi connectivity index (χ3v) is 7.66. The van der Waals surface area contributed by atoms with Gasteiger partial charge in [0, 0.05) is 11.3 Å². The number of esters is 1. The Morgan fingerprint density at radius 1 is 1.07 bits per heavy atom. The summed E-state index contributed by atoms with van der Waals surface area (Å²) >= 11 is 3.32. The van der Waals surface area contributed by atoms with E-state index in [1.54, 1.807) is 22.7 Å². The lowest BCUT2D eigenvalue weighted by Gasteiger charge is -2.06. The highest BCUT2D eigenvalue weighted by Gasteiger charge is 2.19. The number of nitrogen functional groups attached to an aromatic ring is 1. The van der Waals surface area contributed by atoms with Crippen molar-refractivity contribution in [2.24, 2.45) is 0 Å². The number of aromatic nitrogens is 3. The van der Waals surface area contributed by atoms with Crippen molar-refractivity contribution in [2.45, 2.75) is 51.6 Å². The third kappa shape index (κ3) is 3.89. The van der Waals surface area contributed by atoms with Crippen molar-refractivity contribution < 1.29 is 9.53 Å². The van der Waals surface area contributed by atoms with Crippen LogP contribution in [0.1, 0.15) is 47.0 Å². The van der Waals surface area contributed by atoms with E-state index >= 15 is 0 Å². The second-order valence-electron chi connectivity index (χ2n) is 7.51. The van der Waals surface area contributed by atoms with Gasteiger partial charge in [-0.15, -0.1) is 22.7 Å². The van der Waals surface area contributed by atoms with Crippen LogP contribution in [0.3, 0.4) is 0 Å². The lowest BCUT2D eigenvalue weighted by atomic mass is 10.1. The second kappa shape index (κ2) is 8.28. The van der Waals surface area contributed by atoms with Crippen LogP contribution in [-0.4, -0.2) is 20.9 Å². The summed E-state index contributed by atoms with van der Waals surface area (Å²) in [5.74, 6) is 0.683. The third-order valence-electron chi connectivity index (χ3n) is 5.38. The van der Waals surface area contributed by atoms with Gasteiger partial charge in [0.25, 0.3) is 0 Å².